The Morgan fingerprint density at radius 1 is 1.56 bits per heavy atom. The molecule has 3 nitrogen and oxygen atoms in total. The van der Waals surface area contributed by atoms with Crippen molar-refractivity contribution in [2.45, 2.75) is 0 Å². The number of hydrogen-bond acceptors (Lipinski definition) is 3. The molecule has 0 atom stereocenters. The van der Waals surface area contributed by atoms with Crippen LogP contribution >= 0.6 is 23.4 Å². The Hall–Kier alpha value is -0.870. The number of benzene rings is 1. The number of halogens is 1. The number of thioether (sulfide) groups is 1. The fourth-order valence-corrected chi connectivity index (χ4v) is 2.17. The lowest BCUT2D eigenvalue weighted by Gasteiger charge is -2.22. The average Bonchev–Trinajstić information content (AvgIpc) is 2.24. The van der Waals surface area contributed by atoms with Crippen LogP contribution in [0.15, 0.2) is 18.2 Å². The number of anilines is 1. The van der Waals surface area contributed by atoms with Gasteiger partial charge in [-0.15, -0.1) is 0 Å². The van der Waals surface area contributed by atoms with Crippen molar-refractivity contribution < 1.29 is 0 Å². The van der Waals surface area contributed by atoms with Crippen molar-refractivity contribution in [2.24, 2.45) is 5.73 Å². The maximum absolute atomic E-state index is 7.55. The summed E-state index contributed by atoms with van der Waals surface area (Å²) in [5.74, 6) is 1.04. The van der Waals surface area contributed by atoms with Gasteiger partial charge < -0.3 is 10.6 Å². The third-order valence-corrected chi connectivity index (χ3v) is 3.21. The second kappa shape index (κ2) is 6.01. The molecule has 0 bridgehead atoms. The van der Waals surface area contributed by atoms with Crippen LogP contribution in [-0.2, 0) is 0 Å². The highest BCUT2D eigenvalue weighted by molar-refractivity contribution is 7.98. The lowest BCUT2D eigenvalue weighted by molar-refractivity contribution is 0.976. The Labute approximate surface area is 105 Å². The molecule has 0 amide bonds. The molecule has 0 saturated carbocycles. The first-order valence-corrected chi connectivity index (χ1v) is 6.68. The quantitative estimate of drug-likeness (QED) is 0.629. The van der Waals surface area contributed by atoms with Crippen molar-refractivity contribution in [1.82, 2.24) is 0 Å². The van der Waals surface area contributed by atoms with Gasteiger partial charge in [0.05, 0.1) is 10.6 Å². The van der Waals surface area contributed by atoms with Crippen LogP contribution in [-0.4, -0.2) is 31.4 Å². The van der Waals surface area contributed by atoms with E-state index < -0.39 is 0 Å². The van der Waals surface area contributed by atoms with Crippen LogP contribution in [0.3, 0.4) is 0 Å². The normalized spacial score (nSPS) is 10.2. The molecule has 0 spiro atoms. The maximum atomic E-state index is 7.55. The van der Waals surface area contributed by atoms with Crippen LogP contribution in [0.2, 0.25) is 5.02 Å². The molecule has 0 fully saturated rings. The van der Waals surface area contributed by atoms with Gasteiger partial charge in [-0.25, -0.2) is 0 Å². The minimum Gasteiger partial charge on any atom is -0.384 e. The highest BCUT2D eigenvalue weighted by Gasteiger charge is 2.12. The molecule has 0 unspecified atom stereocenters. The summed E-state index contributed by atoms with van der Waals surface area (Å²) in [5, 5.41) is 8.08. The second-order valence-corrected chi connectivity index (χ2v) is 4.85. The lowest BCUT2D eigenvalue weighted by atomic mass is 10.1. The molecule has 0 heterocycles. The standard InChI is InChI=1S/C11H16ClN3S/c1-15(6-7-16-2)9-5-3-4-8(12)10(9)11(13)14/h3-5H,6-7H2,1-2H3,(H3,13,14). The van der Waals surface area contributed by atoms with Gasteiger partial charge in [-0.2, -0.15) is 11.8 Å². The van der Waals surface area contributed by atoms with Gasteiger partial charge in [0.1, 0.15) is 5.84 Å². The molecule has 0 aliphatic rings. The Morgan fingerprint density at radius 2 is 2.25 bits per heavy atom. The van der Waals surface area contributed by atoms with Gasteiger partial charge in [-0.05, 0) is 18.4 Å². The van der Waals surface area contributed by atoms with Gasteiger partial charge >= 0.3 is 0 Å². The summed E-state index contributed by atoms with van der Waals surface area (Å²) in [6, 6.07) is 5.56. The fraction of sp³-hybridized carbons (Fsp3) is 0.364. The zero-order valence-electron chi connectivity index (χ0n) is 9.46. The van der Waals surface area contributed by atoms with Gasteiger partial charge in [0.25, 0.3) is 0 Å². The third kappa shape index (κ3) is 3.06. The van der Waals surface area contributed by atoms with Crippen molar-refractivity contribution in [2.75, 3.05) is 30.5 Å². The molecule has 88 valence electrons. The number of nitrogens with one attached hydrogen (secondary N) is 1. The van der Waals surface area contributed by atoms with Gasteiger partial charge in [-0.1, -0.05) is 17.7 Å². The molecule has 0 radical (unpaired) electrons. The molecule has 0 saturated heterocycles. The van der Waals surface area contributed by atoms with E-state index in [2.05, 4.69) is 11.2 Å². The smallest absolute Gasteiger partial charge is 0.126 e. The molecular formula is C11H16ClN3S. The number of nitrogen functional groups attached to an aromatic ring is 1. The van der Waals surface area contributed by atoms with Crippen molar-refractivity contribution >= 4 is 34.9 Å². The average molecular weight is 258 g/mol. The molecule has 5 heteroatoms. The minimum atomic E-state index is 0.0107. The summed E-state index contributed by atoms with van der Waals surface area (Å²) in [6.07, 6.45) is 2.07. The van der Waals surface area contributed by atoms with Crippen LogP contribution in [0.5, 0.6) is 0 Å². The summed E-state index contributed by atoms with van der Waals surface area (Å²) >= 11 is 7.83. The molecule has 1 aromatic carbocycles. The summed E-state index contributed by atoms with van der Waals surface area (Å²) in [4.78, 5) is 2.07. The summed E-state index contributed by atoms with van der Waals surface area (Å²) in [6.45, 7) is 0.905. The largest absolute Gasteiger partial charge is 0.384 e. The molecule has 0 aliphatic heterocycles. The van der Waals surface area contributed by atoms with E-state index in [-0.39, 0.29) is 5.84 Å². The van der Waals surface area contributed by atoms with Crippen molar-refractivity contribution in [3.63, 3.8) is 0 Å². The minimum absolute atomic E-state index is 0.0107. The number of amidine groups is 1. The van der Waals surface area contributed by atoms with Crippen LogP contribution in [0.1, 0.15) is 5.56 Å². The van der Waals surface area contributed by atoms with E-state index in [1.54, 1.807) is 17.8 Å². The van der Waals surface area contributed by atoms with E-state index in [4.69, 9.17) is 22.7 Å². The van der Waals surface area contributed by atoms with E-state index in [9.17, 15) is 0 Å². The van der Waals surface area contributed by atoms with Crippen molar-refractivity contribution in [1.29, 1.82) is 5.41 Å². The van der Waals surface area contributed by atoms with Crippen LogP contribution in [0, 0.1) is 5.41 Å². The Balaban J connectivity index is 3.02. The van der Waals surface area contributed by atoms with Crippen LogP contribution in [0.25, 0.3) is 0 Å². The number of hydrogen-bond donors (Lipinski definition) is 2. The van der Waals surface area contributed by atoms with E-state index in [1.807, 2.05) is 19.2 Å². The summed E-state index contributed by atoms with van der Waals surface area (Å²) in [5.41, 5.74) is 7.08. The van der Waals surface area contributed by atoms with Gasteiger partial charge in [-0.3, -0.25) is 5.41 Å². The van der Waals surface area contributed by atoms with Crippen molar-refractivity contribution in [3.05, 3.63) is 28.8 Å². The molecule has 1 aromatic rings. The lowest BCUT2D eigenvalue weighted by Crippen LogP contribution is -2.24. The Bertz CT molecular complexity index is 381. The van der Waals surface area contributed by atoms with E-state index in [0.717, 1.165) is 18.0 Å². The van der Waals surface area contributed by atoms with Gasteiger partial charge in [0.2, 0.25) is 0 Å². The molecule has 3 N–H and O–H groups in total. The summed E-state index contributed by atoms with van der Waals surface area (Å²) < 4.78 is 0. The first-order valence-electron chi connectivity index (χ1n) is 4.91. The fourth-order valence-electron chi connectivity index (χ4n) is 1.45. The SMILES string of the molecule is CSCCN(C)c1cccc(Cl)c1C(=N)N. The highest BCUT2D eigenvalue weighted by Crippen LogP contribution is 2.26. The zero-order chi connectivity index (χ0) is 12.1. The number of nitrogens with zero attached hydrogens (tertiary/aromatic N) is 1. The topological polar surface area (TPSA) is 53.1 Å². The Morgan fingerprint density at radius 3 is 2.81 bits per heavy atom. The molecular weight excluding hydrogens is 242 g/mol. The first-order chi connectivity index (χ1) is 7.57. The second-order valence-electron chi connectivity index (χ2n) is 3.46. The van der Waals surface area contributed by atoms with Gasteiger partial charge in [0, 0.05) is 25.0 Å². The van der Waals surface area contributed by atoms with E-state index in [0.29, 0.717) is 10.6 Å². The van der Waals surface area contributed by atoms with Crippen LogP contribution < -0.4 is 10.6 Å². The molecule has 1 rings (SSSR count). The first kappa shape index (κ1) is 13.2. The predicted octanol–water partition coefficient (Wildman–Crippen LogP) is 2.42. The molecule has 16 heavy (non-hydrogen) atoms. The molecule has 0 aromatic heterocycles. The van der Waals surface area contributed by atoms with Gasteiger partial charge in [0.15, 0.2) is 0 Å². The zero-order valence-corrected chi connectivity index (χ0v) is 11.0. The van der Waals surface area contributed by atoms with E-state index in [1.165, 1.54) is 0 Å². The number of rotatable bonds is 5. The Kier molecular flexibility index (Phi) is 4.96. The maximum Gasteiger partial charge on any atom is 0.126 e. The molecule has 0 aliphatic carbocycles. The van der Waals surface area contributed by atoms with E-state index >= 15 is 0 Å². The third-order valence-electron chi connectivity index (χ3n) is 2.30. The summed E-state index contributed by atoms with van der Waals surface area (Å²) in [7, 11) is 1.98. The van der Waals surface area contributed by atoms with Crippen LogP contribution in [0.4, 0.5) is 5.69 Å². The van der Waals surface area contributed by atoms with Crippen molar-refractivity contribution in [3.8, 4) is 0 Å². The predicted molar refractivity (Wildman–Crippen MR) is 74.1 cm³/mol. The number of nitrogens with two attached hydrogens (primary N) is 1. The highest BCUT2D eigenvalue weighted by atomic mass is 35.5. The monoisotopic (exact) mass is 257 g/mol.